The van der Waals surface area contributed by atoms with Crippen molar-refractivity contribution in [2.75, 3.05) is 36.5 Å². The Bertz CT molecular complexity index is 456. The minimum absolute atomic E-state index is 0.121. The zero-order valence-electron chi connectivity index (χ0n) is 11.0. The van der Waals surface area contributed by atoms with E-state index in [2.05, 4.69) is 20.6 Å². The largest absolute Gasteiger partial charge is 0.354 e. The van der Waals surface area contributed by atoms with Crippen LogP contribution in [0.3, 0.4) is 0 Å². The minimum atomic E-state index is -0.279. The lowest BCUT2D eigenvalue weighted by atomic mass is 10.5. The van der Waals surface area contributed by atoms with E-state index in [1.165, 1.54) is 16.7 Å². The Morgan fingerprint density at radius 3 is 2.95 bits per heavy atom. The Morgan fingerprint density at radius 2 is 2.25 bits per heavy atom. The number of amides is 3. The second-order valence-corrected chi connectivity index (χ2v) is 5.29. The molecular weight excluding hydrogens is 278 g/mol. The number of carbonyl (C=O) groups excluding carboxylic acids is 2. The smallest absolute Gasteiger partial charge is 0.324 e. The van der Waals surface area contributed by atoms with Gasteiger partial charge in [-0.3, -0.25) is 9.69 Å². The number of nitrogens with one attached hydrogen (secondary N) is 2. The molecule has 0 atom stereocenters. The zero-order chi connectivity index (χ0) is 14.2. The number of hydrogen-bond donors (Lipinski definition) is 2. The van der Waals surface area contributed by atoms with Crippen molar-refractivity contribution in [1.82, 2.24) is 20.2 Å². The summed E-state index contributed by atoms with van der Waals surface area (Å²) in [5, 5.41) is 5.71. The van der Waals surface area contributed by atoms with Gasteiger partial charge in [-0.05, 0) is 18.2 Å². The molecule has 1 aromatic rings. The van der Waals surface area contributed by atoms with E-state index < -0.39 is 0 Å². The van der Waals surface area contributed by atoms with E-state index in [-0.39, 0.29) is 11.9 Å². The molecule has 1 fully saturated rings. The summed E-state index contributed by atoms with van der Waals surface area (Å²) in [6, 6.07) is 1.49. The van der Waals surface area contributed by atoms with Crippen molar-refractivity contribution in [2.45, 2.75) is 6.42 Å². The molecule has 0 bridgehead atoms. The van der Waals surface area contributed by atoms with Crippen LogP contribution in [0.25, 0.3) is 0 Å². The van der Waals surface area contributed by atoms with Crippen LogP contribution >= 0.6 is 11.8 Å². The quantitative estimate of drug-likeness (QED) is 0.715. The van der Waals surface area contributed by atoms with Crippen LogP contribution in [0.1, 0.15) is 6.42 Å². The molecule has 0 spiro atoms. The van der Waals surface area contributed by atoms with Crippen LogP contribution in [0, 0.1) is 0 Å². The van der Waals surface area contributed by atoms with E-state index in [0.29, 0.717) is 24.8 Å². The number of thioether (sulfide) groups is 1. The average Bonchev–Trinajstić information content (AvgIpc) is 2.90. The Hall–Kier alpha value is -1.83. The van der Waals surface area contributed by atoms with Gasteiger partial charge >= 0.3 is 6.03 Å². The molecule has 2 N–H and O–H groups in total. The van der Waals surface area contributed by atoms with Crippen LogP contribution < -0.4 is 10.6 Å². The highest BCUT2D eigenvalue weighted by molar-refractivity contribution is 7.99. The van der Waals surface area contributed by atoms with Gasteiger partial charge in [0.25, 0.3) is 0 Å². The monoisotopic (exact) mass is 295 g/mol. The van der Waals surface area contributed by atoms with Crippen LogP contribution in [-0.2, 0) is 4.79 Å². The summed E-state index contributed by atoms with van der Waals surface area (Å²) in [4.78, 5) is 32.4. The van der Waals surface area contributed by atoms with Crippen molar-refractivity contribution < 1.29 is 9.59 Å². The fourth-order valence-corrected chi connectivity index (χ4v) is 2.54. The number of rotatable bonds is 7. The predicted octanol–water partition coefficient (Wildman–Crippen LogP) is 0.564. The lowest BCUT2D eigenvalue weighted by molar-refractivity contribution is -0.124. The van der Waals surface area contributed by atoms with Crippen molar-refractivity contribution in [2.24, 2.45) is 0 Å². The van der Waals surface area contributed by atoms with E-state index in [9.17, 15) is 9.59 Å². The molecule has 20 heavy (non-hydrogen) atoms. The number of anilines is 1. The Kier molecular flexibility index (Phi) is 5.60. The zero-order valence-corrected chi connectivity index (χ0v) is 11.9. The first-order chi connectivity index (χ1) is 9.77. The van der Waals surface area contributed by atoms with Gasteiger partial charge < -0.3 is 10.6 Å². The molecule has 8 heteroatoms. The van der Waals surface area contributed by atoms with Crippen molar-refractivity contribution in [3.63, 3.8) is 0 Å². The van der Waals surface area contributed by atoms with Crippen molar-refractivity contribution in [1.29, 1.82) is 0 Å². The molecule has 0 radical (unpaired) electrons. The first-order valence-corrected chi connectivity index (χ1v) is 7.59. The van der Waals surface area contributed by atoms with Gasteiger partial charge in [-0.15, -0.1) is 0 Å². The summed E-state index contributed by atoms with van der Waals surface area (Å²) in [6.07, 6.45) is 4.27. The third kappa shape index (κ3) is 4.37. The normalized spacial score (nSPS) is 14.2. The molecule has 1 aliphatic rings. The summed E-state index contributed by atoms with van der Waals surface area (Å²) in [7, 11) is 0. The highest BCUT2D eigenvalue weighted by Crippen LogP contribution is 2.07. The molecule has 0 saturated carbocycles. The van der Waals surface area contributed by atoms with E-state index in [0.717, 1.165) is 18.7 Å². The summed E-state index contributed by atoms with van der Waals surface area (Å²) in [5.74, 6) is 1.68. The van der Waals surface area contributed by atoms with E-state index >= 15 is 0 Å². The first kappa shape index (κ1) is 14.6. The highest BCUT2D eigenvalue weighted by atomic mass is 32.2. The third-order valence-electron chi connectivity index (χ3n) is 2.70. The maximum atomic E-state index is 11.7. The molecule has 3 amide bonds. The number of hydrogen-bond acceptors (Lipinski definition) is 6. The van der Waals surface area contributed by atoms with Gasteiger partial charge in [0, 0.05) is 32.0 Å². The van der Waals surface area contributed by atoms with Crippen LogP contribution in [0.5, 0.6) is 0 Å². The standard InChI is InChI=1S/C12H17N5O2S/c18-10(17-7-6-16-12(17)19)9-20-8-2-5-15-11-13-3-1-4-14-11/h1,3-4H,2,5-9H2,(H,16,19)(H,13,14,15). The van der Waals surface area contributed by atoms with Crippen LogP contribution in [0.15, 0.2) is 18.5 Å². The molecule has 1 aromatic heterocycles. The summed E-state index contributed by atoms with van der Waals surface area (Å²) in [5.41, 5.74) is 0. The number of nitrogens with zero attached hydrogens (tertiary/aromatic N) is 3. The van der Waals surface area contributed by atoms with Crippen molar-refractivity contribution in [3.8, 4) is 0 Å². The molecule has 0 aliphatic carbocycles. The lowest BCUT2D eigenvalue weighted by Crippen LogP contribution is -2.35. The molecule has 1 aliphatic heterocycles. The molecule has 2 rings (SSSR count). The van der Waals surface area contributed by atoms with Gasteiger partial charge in [-0.1, -0.05) is 0 Å². The van der Waals surface area contributed by atoms with Gasteiger partial charge in [0.2, 0.25) is 11.9 Å². The van der Waals surface area contributed by atoms with Crippen LogP contribution in [0.2, 0.25) is 0 Å². The van der Waals surface area contributed by atoms with Gasteiger partial charge in [0.05, 0.1) is 5.75 Å². The van der Waals surface area contributed by atoms with Crippen LogP contribution in [-0.4, -0.2) is 57.9 Å². The molecule has 1 saturated heterocycles. The van der Waals surface area contributed by atoms with Gasteiger partial charge in [-0.2, -0.15) is 11.8 Å². The second-order valence-electron chi connectivity index (χ2n) is 4.18. The predicted molar refractivity (Wildman–Crippen MR) is 77.6 cm³/mol. The molecule has 0 unspecified atom stereocenters. The number of carbonyl (C=O) groups is 2. The Labute approximate surface area is 121 Å². The summed E-state index contributed by atoms with van der Waals surface area (Å²) >= 11 is 1.53. The van der Waals surface area contributed by atoms with Crippen LogP contribution in [0.4, 0.5) is 10.7 Å². The van der Waals surface area contributed by atoms with E-state index in [4.69, 9.17) is 0 Å². The molecule has 2 heterocycles. The lowest BCUT2D eigenvalue weighted by Gasteiger charge is -2.11. The second kappa shape index (κ2) is 7.68. The molecule has 7 nitrogen and oxygen atoms in total. The van der Waals surface area contributed by atoms with Crippen molar-refractivity contribution in [3.05, 3.63) is 18.5 Å². The van der Waals surface area contributed by atoms with Gasteiger partial charge in [0.1, 0.15) is 0 Å². The molecule has 0 aromatic carbocycles. The number of aromatic nitrogens is 2. The SMILES string of the molecule is O=C(CSCCCNc1ncccn1)N1CCNC1=O. The Balaban J connectivity index is 1.53. The first-order valence-electron chi connectivity index (χ1n) is 6.44. The van der Waals surface area contributed by atoms with Crippen molar-refractivity contribution >= 4 is 29.6 Å². The summed E-state index contributed by atoms with van der Waals surface area (Å²) < 4.78 is 0. The fraction of sp³-hybridized carbons (Fsp3) is 0.500. The minimum Gasteiger partial charge on any atom is -0.354 e. The number of urea groups is 1. The van der Waals surface area contributed by atoms with E-state index in [1.807, 2.05) is 0 Å². The fourth-order valence-electron chi connectivity index (χ4n) is 1.71. The third-order valence-corrected chi connectivity index (χ3v) is 3.73. The number of imide groups is 1. The maximum absolute atomic E-state index is 11.7. The molecule has 108 valence electrons. The topological polar surface area (TPSA) is 87.2 Å². The Morgan fingerprint density at radius 1 is 1.45 bits per heavy atom. The van der Waals surface area contributed by atoms with Gasteiger partial charge in [0.15, 0.2) is 0 Å². The molecular formula is C12H17N5O2S. The van der Waals surface area contributed by atoms with E-state index in [1.54, 1.807) is 18.5 Å². The highest BCUT2D eigenvalue weighted by Gasteiger charge is 2.25. The van der Waals surface area contributed by atoms with Gasteiger partial charge in [-0.25, -0.2) is 14.8 Å². The maximum Gasteiger partial charge on any atom is 0.324 e. The average molecular weight is 295 g/mol. The summed E-state index contributed by atoms with van der Waals surface area (Å²) in [6.45, 7) is 1.79.